The summed E-state index contributed by atoms with van der Waals surface area (Å²) in [6, 6.07) is 0.564. The first-order chi connectivity index (χ1) is 7.18. The minimum Gasteiger partial charge on any atom is -0.390 e. The smallest absolute Gasteiger partial charge is 0.0662 e. The topological polar surface area (TPSA) is 32.3 Å². The van der Waals surface area contributed by atoms with E-state index in [4.69, 9.17) is 0 Å². The van der Waals surface area contributed by atoms with Crippen LogP contribution < -0.4 is 5.32 Å². The van der Waals surface area contributed by atoms with Crippen molar-refractivity contribution in [3.8, 4) is 0 Å². The normalized spacial score (nSPS) is 32.8. The Labute approximate surface area is 93.5 Å². The highest BCUT2D eigenvalue weighted by Crippen LogP contribution is 2.37. The molecule has 2 heteroatoms. The predicted molar refractivity (Wildman–Crippen MR) is 62.8 cm³/mol. The molecule has 0 bridgehead atoms. The van der Waals surface area contributed by atoms with Crippen molar-refractivity contribution >= 4 is 0 Å². The average molecular weight is 211 g/mol. The standard InChI is InChI=1S/C13H25NO/c1-13(15,11-6-2-3-7-11)10-12-8-4-5-9-14-12/h11-12,14-15H,2-10H2,1H3. The number of aliphatic hydroxyl groups is 1. The highest BCUT2D eigenvalue weighted by Gasteiger charge is 2.35. The van der Waals surface area contributed by atoms with Crippen LogP contribution in [-0.4, -0.2) is 23.3 Å². The van der Waals surface area contributed by atoms with Crippen molar-refractivity contribution in [2.75, 3.05) is 6.54 Å². The summed E-state index contributed by atoms with van der Waals surface area (Å²) in [7, 11) is 0. The molecule has 0 aromatic carbocycles. The van der Waals surface area contributed by atoms with E-state index in [-0.39, 0.29) is 0 Å². The minimum atomic E-state index is -0.425. The lowest BCUT2D eigenvalue weighted by atomic mass is 9.81. The van der Waals surface area contributed by atoms with Crippen molar-refractivity contribution in [3.63, 3.8) is 0 Å². The molecule has 1 saturated heterocycles. The van der Waals surface area contributed by atoms with E-state index in [1.54, 1.807) is 0 Å². The summed E-state index contributed by atoms with van der Waals surface area (Å²) in [4.78, 5) is 0. The van der Waals surface area contributed by atoms with Gasteiger partial charge in [0.25, 0.3) is 0 Å². The Kier molecular flexibility index (Phi) is 3.68. The first-order valence-electron chi connectivity index (χ1n) is 6.64. The predicted octanol–water partition coefficient (Wildman–Crippen LogP) is 2.46. The largest absolute Gasteiger partial charge is 0.390 e. The van der Waals surface area contributed by atoms with Gasteiger partial charge in [-0.05, 0) is 51.5 Å². The van der Waals surface area contributed by atoms with Gasteiger partial charge in [-0.1, -0.05) is 19.3 Å². The number of hydrogen-bond acceptors (Lipinski definition) is 2. The third kappa shape index (κ3) is 2.94. The third-order valence-corrected chi connectivity index (χ3v) is 4.31. The van der Waals surface area contributed by atoms with Crippen LogP contribution in [0, 0.1) is 5.92 Å². The fraction of sp³-hybridized carbons (Fsp3) is 1.00. The zero-order chi connectivity index (χ0) is 10.7. The van der Waals surface area contributed by atoms with Gasteiger partial charge in [-0.3, -0.25) is 0 Å². The second kappa shape index (κ2) is 4.84. The Balaban J connectivity index is 1.84. The van der Waals surface area contributed by atoms with Crippen LogP contribution in [0.25, 0.3) is 0 Å². The maximum absolute atomic E-state index is 10.5. The van der Waals surface area contributed by atoms with Gasteiger partial charge in [-0.25, -0.2) is 0 Å². The lowest BCUT2D eigenvalue weighted by molar-refractivity contribution is -0.0169. The zero-order valence-corrected chi connectivity index (χ0v) is 9.97. The van der Waals surface area contributed by atoms with E-state index in [0.717, 1.165) is 13.0 Å². The van der Waals surface area contributed by atoms with Crippen LogP contribution in [0.4, 0.5) is 0 Å². The maximum atomic E-state index is 10.5. The molecule has 0 aromatic heterocycles. The molecule has 1 aliphatic carbocycles. The van der Waals surface area contributed by atoms with E-state index in [2.05, 4.69) is 12.2 Å². The Morgan fingerprint density at radius 3 is 2.40 bits per heavy atom. The van der Waals surface area contributed by atoms with E-state index >= 15 is 0 Å². The van der Waals surface area contributed by atoms with Gasteiger partial charge in [0.2, 0.25) is 0 Å². The van der Waals surface area contributed by atoms with Crippen molar-refractivity contribution in [2.45, 2.75) is 69.9 Å². The van der Waals surface area contributed by atoms with E-state index in [1.165, 1.54) is 44.9 Å². The van der Waals surface area contributed by atoms with Crippen LogP contribution >= 0.6 is 0 Å². The summed E-state index contributed by atoms with van der Waals surface area (Å²) >= 11 is 0. The van der Waals surface area contributed by atoms with Crippen molar-refractivity contribution in [2.24, 2.45) is 5.92 Å². The summed E-state index contributed by atoms with van der Waals surface area (Å²) in [6.07, 6.45) is 9.96. The van der Waals surface area contributed by atoms with Crippen LogP contribution in [0.3, 0.4) is 0 Å². The van der Waals surface area contributed by atoms with Crippen LogP contribution in [0.15, 0.2) is 0 Å². The van der Waals surface area contributed by atoms with E-state index in [1.807, 2.05) is 0 Å². The van der Waals surface area contributed by atoms with Gasteiger partial charge in [0.05, 0.1) is 5.60 Å². The molecule has 0 aromatic rings. The first kappa shape index (κ1) is 11.4. The van der Waals surface area contributed by atoms with Gasteiger partial charge >= 0.3 is 0 Å². The highest BCUT2D eigenvalue weighted by molar-refractivity contribution is 4.90. The van der Waals surface area contributed by atoms with Crippen molar-refractivity contribution < 1.29 is 5.11 Å². The van der Waals surface area contributed by atoms with Crippen molar-refractivity contribution in [1.82, 2.24) is 5.32 Å². The van der Waals surface area contributed by atoms with Crippen LogP contribution in [0.5, 0.6) is 0 Å². The van der Waals surface area contributed by atoms with E-state index in [0.29, 0.717) is 12.0 Å². The fourth-order valence-corrected chi connectivity index (χ4v) is 3.31. The highest BCUT2D eigenvalue weighted by atomic mass is 16.3. The van der Waals surface area contributed by atoms with Gasteiger partial charge in [0.15, 0.2) is 0 Å². The lowest BCUT2D eigenvalue weighted by Crippen LogP contribution is -2.44. The second-order valence-corrected chi connectivity index (χ2v) is 5.69. The van der Waals surface area contributed by atoms with Crippen LogP contribution in [0.2, 0.25) is 0 Å². The SMILES string of the molecule is CC(O)(CC1CCCCN1)C1CCCC1. The summed E-state index contributed by atoms with van der Waals surface area (Å²) in [5, 5.41) is 14.1. The lowest BCUT2D eigenvalue weighted by Gasteiger charge is -2.35. The van der Waals surface area contributed by atoms with Gasteiger partial charge in [0.1, 0.15) is 0 Å². The number of rotatable bonds is 3. The van der Waals surface area contributed by atoms with Gasteiger partial charge in [-0.15, -0.1) is 0 Å². The minimum absolute atomic E-state index is 0.425. The van der Waals surface area contributed by atoms with Gasteiger partial charge in [0, 0.05) is 6.04 Å². The molecule has 1 aliphatic heterocycles. The summed E-state index contributed by atoms with van der Waals surface area (Å²) in [5.74, 6) is 0.557. The fourth-order valence-electron chi connectivity index (χ4n) is 3.31. The molecule has 0 amide bonds. The van der Waals surface area contributed by atoms with Crippen molar-refractivity contribution in [1.29, 1.82) is 0 Å². The third-order valence-electron chi connectivity index (χ3n) is 4.31. The van der Waals surface area contributed by atoms with E-state index < -0.39 is 5.60 Å². The van der Waals surface area contributed by atoms with Gasteiger partial charge in [-0.2, -0.15) is 0 Å². The molecule has 0 radical (unpaired) electrons. The summed E-state index contributed by atoms with van der Waals surface area (Å²) in [5.41, 5.74) is -0.425. The van der Waals surface area contributed by atoms with Crippen molar-refractivity contribution in [3.05, 3.63) is 0 Å². The van der Waals surface area contributed by atoms with Gasteiger partial charge < -0.3 is 10.4 Å². The maximum Gasteiger partial charge on any atom is 0.0662 e. The van der Waals surface area contributed by atoms with Crippen LogP contribution in [0.1, 0.15) is 58.3 Å². The Hall–Kier alpha value is -0.0800. The molecule has 2 N–H and O–H groups in total. The molecule has 15 heavy (non-hydrogen) atoms. The molecule has 2 unspecified atom stereocenters. The molecule has 1 heterocycles. The second-order valence-electron chi connectivity index (χ2n) is 5.69. The summed E-state index contributed by atoms with van der Waals surface area (Å²) in [6.45, 7) is 3.20. The Bertz CT molecular complexity index is 191. The molecular weight excluding hydrogens is 186 g/mol. The zero-order valence-electron chi connectivity index (χ0n) is 9.97. The molecule has 88 valence electrons. The van der Waals surface area contributed by atoms with Crippen LogP contribution in [-0.2, 0) is 0 Å². The molecular formula is C13H25NO. The molecule has 2 fully saturated rings. The molecule has 2 aliphatic rings. The quantitative estimate of drug-likeness (QED) is 0.751. The number of nitrogens with one attached hydrogen (secondary N) is 1. The molecule has 2 rings (SSSR count). The molecule has 2 atom stereocenters. The molecule has 0 spiro atoms. The number of piperidine rings is 1. The summed E-state index contributed by atoms with van der Waals surface area (Å²) < 4.78 is 0. The Morgan fingerprint density at radius 2 is 1.80 bits per heavy atom. The Morgan fingerprint density at radius 1 is 1.13 bits per heavy atom. The monoisotopic (exact) mass is 211 g/mol. The molecule has 2 nitrogen and oxygen atoms in total. The average Bonchev–Trinajstić information content (AvgIpc) is 2.71. The van der Waals surface area contributed by atoms with E-state index in [9.17, 15) is 5.11 Å². The number of hydrogen-bond donors (Lipinski definition) is 2. The molecule has 1 saturated carbocycles. The first-order valence-corrected chi connectivity index (χ1v) is 6.64.